The van der Waals surface area contributed by atoms with Crippen LogP contribution in [-0.2, 0) is 25.7 Å². The van der Waals surface area contributed by atoms with Gasteiger partial charge in [-0.2, -0.15) is 0 Å². The maximum atomic E-state index is 13.8. The molecule has 6 rings (SSSR count). The standard InChI is InChI=1S/C44H64FNO5/c1-27(2)30-15-20-44(24-35(47)46-26-28-11-10-12-29(45)23-28)22-21-42(8)31(37(30)44)13-14-33-41(7)18-17-34(51-36(48)25-39(3,4)38(49)50)40(5,6)32(41)16-19-43(33,42)9/h10-12,23,30-34,37H,1,13-22,24-26H2,2-9H3,(H,46,47)(H,49,50)/t30-,31+,32-,33+,34-,37+,41-,42+,43+,44+/m0/s1. The molecule has 1 amide bonds. The number of allylic oxidation sites excluding steroid dienone is 1. The van der Waals surface area contributed by atoms with Crippen LogP contribution in [0.25, 0.3) is 0 Å². The van der Waals surface area contributed by atoms with Crippen molar-refractivity contribution in [2.45, 2.75) is 145 Å². The van der Waals surface area contributed by atoms with E-state index in [4.69, 9.17) is 4.74 Å². The van der Waals surface area contributed by atoms with Gasteiger partial charge >= 0.3 is 11.9 Å². The van der Waals surface area contributed by atoms with E-state index in [1.54, 1.807) is 19.9 Å². The van der Waals surface area contributed by atoms with Crippen LogP contribution in [-0.4, -0.2) is 29.1 Å². The fourth-order valence-electron chi connectivity index (χ4n) is 13.6. The van der Waals surface area contributed by atoms with Crippen LogP contribution in [0.4, 0.5) is 4.39 Å². The van der Waals surface area contributed by atoms with E-state index in [2.05, 4.69) is 53.4 Å². The van der Waals surface area contributed by atoms with E-state index in [1.165, 1.54) is 30.5 Å². The average molecular weight is 706 g/mol. The van der Waals surface area contributed by atoms with E-state index < -0.39 is 17.4 Å². The normalized spacial score (nSPS) is 39.8. The first-order valence-electron chi connectivity index (χ1n) is 19.8. The summed E-state index contributed by atoms with van der Waals surface area (Å²) in [5.74, 6) is 0.740. The minimum atomic E-state index is -1.15. The van der Waals surface area contributed by atoms with Crippen LogP contribution in [0.5, 0.6) is 0 Å². The highest BCUT2D eigenvalue weighted by Crippen LogP contribution is 2.78. The van der Waals surface area contributed by atoms with E-state index >= 15 is 0 Å². The first-order chi connectivity index (χ1) is 23.7. The minimum absolute atomic E-state index is 0.0384. The lowest BCUT2D eigenvalue weighted by Crippen LogP contribution is -2.67. The lowest BCUT2D eigenvalue weighted by Gasteiger charge is -2.73. The minimum Gasteiger partial charge on any atom is -0.481 e. The summed E-state index contributed by atoms with van der Waals surface area (Å²) in [5, 5.41) is 12.7. The maximum Gasteiger partial charge on any atom is 0.309 e. The third kappa shape index (κ3) is 6.18. The number of halogens is 1. The molecule has 0 aromatic heterocycles. The predicted octanol–water partition coefficient (Wildman–Crippen LogP) is 9.90. The van der Waals surface area contributed by atoms with Crippen molar-refractivity contribution in [3.05, 3.63) is 47.8 Å². The Morgan fingerprint density at radius 1 is 0.941 bits per heavy atom. The van der Waals surface area contributed by atoms with Crippen LogP contribution >= 0.6 is 0 Å². The number of nitrogens with one attached hydrogen (secondary N) is 1. The van der Waals surface area contributed by atoms with Crippen molar-refractivity contribution in [2.75, 3.05) is 0 Å². The summed E-state index contributed by atoms with van der Waals surface area (Å²) in [6, 6.07) is 6.49. The molecular weight excluding hydrogens is 641 g/mol. The number of hydrogen-bond donors (Lipinski definition) is 2. The van der Waals surface area contributed by atoms with Crippen LogP contribution in [0.15, 0.2) is 36.4 Å². The van der Waals surface area contributed by atoms with Gasteiger partial charge in [-0.15, -0.1) is 0 Å². The molecule has 5 saturated carbocycles. The SMILES string of the molecule is C=C(C)[C@@H]1CC[C@]2(CC(=O)NCc3cccc(F)c3)CC[C@]3(C)[C@H](CC[C@@H]4[C@@]5(C)CC[C@H](OC(=O)CC(C)(C)C(=O)O)C(C)(C)[C@@H]5CC[C@]43C)[C@@H]12. The molecule has 5 aliphatic rings. The van der Waals surface area contributed by atoms with E-state index in [-0.39, 0.29) is 51.3 Å². The van der Waals surface area contributed by atoms with Gasteiger partial charge in [0.15, 0.2) is 0 Å². The van der Waals surface area contributed by atoms with Crippen molar-refractivity contribution >= 4 is 17.8 Å². The van der Waals surface area contributed by atoms with E-state index in [1.807, 2.05) is 6.07 Å². The van der Waals surface area contributed by atoms with Crippen LogP contribution in [0.1, 0.15) is 138 Å². The van der Waals surface area contributed by atoms with Gasteiger partial charge in [-0.3, -0.25) is 14.4 Å². The molecule has 0 bridgehead atoms. The molecule has 5 fully saturated rings. The summed E-state index contributed by atoms with van der Waals surface area (Å²) < 4.78 is 20.0. The number of aliphatic carboxylic acids is 1. The zero-order valence-electron chi connectivity index (χ0n) is 32.6. The second-order valence-electron chi connectivity index (χ2n) is 19.8. The Morgan fingerprint density at radius 2 is 1.67 bits per heavy atom. The highest BCUT2D eigenvalue weighted by molar-refractivity contribution is 5.81. The summed E-state index contributed by atoms with van der Waals surface area (Å²) in [6.07, 6.45) is 10.9. The van der Waals surface area contributed by atoms with Crippen molar-refractivity contribution in [3.63, 3.8) is 0 Å². The van der Waals surface area contributed by atoms with Gasteiger partial charge in [-0.1, -0.05) is 58.9 Å². The molecule has 1 aromatic rings. The monoisotopic (exact) mass is 705 g/mol. The number of carbonyl (C=O) groups is 3. The summed E-state index contributed by atoms with van der Waals surface area (Å²) in [6.45, 7) is 22.6. The lowest BCUT2D eigenvalue weighted by atomic mass is 9.32. The van der Waals surface area contributed by atoms with Gasteiger partial charge in [0.25, 0.3) is 0 Å². The number of esters is 1. The summed E-state index contributed by atoms with van der Waals surface area (Å²) in [4.78, 5) is 38.5. The molecule has 0 saturated heterocycles. The second kappa shape index (κ2) is 13.0. The van der Waals surface area contributed by atoms with Crippen LogP contribution in [0, 0.1) is 67.9 Å². The largest absolute Gasteiger partial charge is 0.481 e. The Hall–Kier alpha value is -2.70. The molecular formula is C44H64FNO5. The Labute approximate surface area is 306 Å². The zero-order chi connectivity index (χ0) is 37.4. The number of hydrogen-bond acceptors (Lipinski definition) is 4. The van der Waals surface area contributed by atoms with Gasteiger partial charge in [-0.05, 0) is 154 Å². The Morgan fingerprint density at radius 3 is 2.33 bits per heavy atom. The highest BCUT2D eigenvalue weighted by atomic mass is 19.1. The van der Waals surface area contributed by atoms with Crippen LogP contribution in [0.2, 0.25) is 0 Å². The molecule has 1 aromatic carbocycles. The number of rotatable bonds is 9. The number of amides is 1. The van der Waals surface area contributed by atoms with Gasteiger partial charge < -0.3 is 15.2 Å². The van der Waals surface area contributed by atoms with Crippen molar-refractivity contribution in [1.29, 1.82) is 0 Å². The molecule has 7 heteroatoms. The number of carboxylic acids is 1. The first kappa shape index (κ1) is 38.0. The van der Waals surface area contributed by atoms with Crippen molar-refractivity contribution in [1.82, 2.24) is 5.32 Å². The Kier molecular flexibility index (Phi) is 9.70. The first-order valence-corrected chi connectivity index (χ1v) is 19.8. The van der Waals surface area contributed by atoms with Crippen LogP contribution < -0.4 is 5.32 Å². The number of carboxylic acid groups (broad SMARTS) is 1. The van der Waals surface area contributed by atoms with E-state index in [9.17, 15) is 23.9 Å². The molecule has 0 spiro atoms. The molecule has 2 N–H and O–H groups in total. The molecule has 51 heavy (non-hydrogen) atoms. The molecule has 0 unspecified atom stereocenters. The van der Waals surface area contributed by atoms with Gasteiger partial charge in [0.1, 0.15) is 11.9 Å². The topological polar surface area (TPSA) is 92.7 Å². The summed E-state index contributed by atoms with van der Waals surface area (Å²) in [7, 11) is 0. The van der Waals surface area contributed by atoms with Gasteiger partial charge in [0.2, 0.25) is 5.91 Å². The Bertz CT molecular complexity index is 1570. The highest BCUT2D eigenvalue weighted by Gasteiger charge is 2.71. The lowest BCUT2D eigenvalue weighted by molar-refractivity contribution is -0.250. The summed E-state index contributed by atoms with van der Waals surface area (Å²) >= 11 is 0. The molecule has 0 radical (unpaired) electrons. The molecule has 0 aliphatic heterocycles. The average Bonchev–Trinajstić information content (AvgIpc) is 3.41. The second-order valence-corrected chi connectivity index (χ2v) is 19.8. The van der Waals surface area contributed by atoms with Crippen molar-refractivity contribution in [3.8, 4) is 0 Å². The molecule has 5 aliphatic carbocycles. The molecule has 0 heterocycles. The maximum absolute atomic E-state index is 13.8. The third-order valence-corrected chi connectivity index (χ3v) is 16.5. The molecule has 10 atom stereocenters. The zero-order valence-corrected chi connectivity index (χ0v) is 32.6. The van der Waals surface area contributed by atoms with Gasteiger partial charge in [0, 0.05) is 18.4 Å². The number of fused-ring (bicyclic) bond motifs is 7. The molecule has 6 nitrogen and oxygen atoms in total. The quantitative estimate of drug-likeness (QED) is 0.197. The van der Waals surface area contributed by atoms with Crippen LogP contribution in [0.3, 0.4) is 0 Å². The number of benzene rings is 1. The van der Waals surface area contributed by atoms with E-state index in [0.29, 0.717) is 42.6 Å². The van der Waals surface area contributed by atoms with Gasteiger partial charge in [-0.25, -0.2) is 4.39 Å². The van der Waals surface area contributed by atoms with Crippen molar-refractivity contribution < 1.29 is 28.6 Å². The van der Waals surface area contributed by atoms with Gasteiger partial charge in [0.05, 0.1) is 11.8 Å². The third-order valence-electron chi connectivity index (χ3n) is 16.5. The molecule has 282 valence electrons. The fourth-order valence-corrected chi connectivity index (χ4v) is 13.6. The number of carbonyl (C=O) groups excluding carboxylic acids is 2. The summed E-state index contributed by atoms with van der Waals surface area (Å²) in [5.41, 5.74) is 1.04. The fraction of sp³-hybridized carbons (Fsp3) is 0.750. The predicted molar refractivity (Wildman–Crippen MR) is 198 cm³/mol. The van der Waals surface area contributed by atoms with Crippen molar-refractivity contribution in [2.24, 2.45) is 62.1 Å². The smallest absolute Gasteiger partial charge is 0.309 e. The Balaban J connectivity index is 1.22. The van der Waals surface area contributed by atoms with E-state index in [0.717, 1.165) is 56.9 Å². The number of ether oxygens (including phenoxy) is 1.